The molecule has 1 amide bonds. The van der Waals surface area contributed by atoms with Gasteiger partial charge in [-0.1, -0.05) is 12.1 Å². The Kier molecular flexibility index (Phi) is 7.73. The molecule has 174 valence electrons. The first-order valence-corrected chi connectivity index (χ1v) is 11.8. The summed E-state index contributed by atoms with van der Waals surface area (Å²) in [6.45, 7) is 2.62. The first-order chi connectivity index (χ1) is 15.2. The highest BCUT2D eigenvalue weighted by molar-refractivity contribution is 7.89. The first-order valence-electron chi connectivity index (χ1n) is 10.3. The standard InChI is InChI=1S/C22H30N4O5S/c1-25(2)21(16-5-4-6-17(13-16)30-3)15-24-22(27)19-14-18(32(23,28)29)7-8-20(19)26-9-11-31-12-10-26/h4-8,13-14,21H,9-12,15H2,1-3H3,(H,24,27)(H2,23,28,29). The minimum atomic E-state index is -3.95. The van der Waals surface area contributed by atoms with Crippen LogP contribution in [0, 0.1) is 0 Å². The van der Waals surface area contributed by atoms with E-state index in [2.05, 4.69) is 5.32 Å². The van der Waals surface area contributed by atoms with Crippen molar-refractivity contribution in [1.29, 1.82) is 0 Å². The van der Waals surface area contributed by atoms with Crippen molar-refractivity contribution in [3.63, 3.8) is 0 Å². The normalized spacial score (nSPS) is 15.5. The van der Waals surface area contributed by atoms with Crippen molar-refractivity contribution in [3.8, 4) is 5.75 Å². The van der Waals surface area contributed by atoms with E-state index in [0.717, 1.165) is 11.3 Å². The summed E-state index contributed by atoms with van der Waals surface area (Å²) < 4.78 is 34.5. The summed E-state index contributed by atoms with van der Waals surface area (Å²) in [4.78, 5) is 17.1. The predicted molar refractivity (Wildman–Crippen MR) is 123 cm³/mol. The summed E-state index contributed by atoms with van der Waals surface area (Å²) in [5.74, 6) is 0.364. The van der Waals surface area contributed by atoms with Crippen molar-refractivity contribution < 1.29 is 22.7 Å². The molecule has 3 N–H and O–H groups in total. The van der Waals surface area contributed by atoms with Crippen LogP contribution in [-0.2, 0) is 14.8 Å². The van der Waals surface area contributed by atoms with Gasteiger partial charge in [0.15, 0.2) is 0 Å². The molecule has 3 rings (SSSR count). The van der Waals surface area contributed by atoms with Gasteiger partial charge < -0.3 is 24.6 Å². The van der Waals surface area contributed by atoms with E-state index < -0.39 is 10.0 Å². The van der Waals surface area contributed by atoms with E-state index in [9.17, 15) is 13.2 Å². The van der Waals surface area contributed by atoms with Crippen molar-refractivity contribution in [1.82, 2.24) is 10.2 Å². The smallest absolute Gasteiger partial charge is 0.253 e. The van der Waals surface area contributed by atoms with Gasteiger partial charge in [0, 0.05) is 25.3 Å². The Morgan fingerprint density at radius 1 is 1.22 bits per heavy atom. The molecule has 1 unspecified atom stereocenters. The van der Waals surface area contributed by atoms with Gasteiger partial charge in [-0.15, -0.1) is 0 Å². The van der Waals surface area contributed by atoms with Crippen LogP contribution in [0.25, 0.3) is 0 Å². The number of ether oxygens (including phenoxy) is 2. The third-order valence-electron chi connectivity index (χ3n) is 5.45. The van der Waals surface area contributed by atoms with E-state index in [1.54, 1.807) is 13.2 Å². The number of amides is 1. The molecule has 2 aromatic carbocycles. The molecule has 1 aliphatic heterocycles. The molecule has 0 aliphatic carbocycles. The number of hydrogen-bond donors (Lipinski definition) is 2. The molecule has 0 spiro atoms. The predicted octanol–water partition coefficient (Wildman–Crippen LogP) is 1.21. The zero-order chi connectivity index (χ0) is 23.3. The first kappa shape index (κ1) is 24.0. The number of rotatable bonds is 8. The molecule has 2 aromatic rings. The number of carbonyl (C=O) groups excluding carboxylic acids is 1. The number of nitrogens with one attached hydrogen (secondary N) is 1. The molecule has 1 saturated heterocycles. The largest absolute Gasteiger partial charge is 0.497 e. The highest BCUT2D eigenvalue weighted by Crippen LogP contribution is 2.26. The fourth-order valence-corrected chi connectivity index (χ4v) is 4.23. The Labute approximate surface area is 189 Å². The molecule has 0 aromatic heterocycles. The number of anilines is 1. The number of likely N-dealkylation sites (N-methyl/N-ethyl adjacent to an activating group) is 1. The molecule has 1 atom stereocenters. The lowest BCUT2D eigenvalue weighted by atomic mass is 10.0. The zero-order valence-corrected chi connectivity index (χ0v) is 19.4. The van der Waals surface area contributed by atoms with Gasteiger partial charge in [-0.3, -0.25) is 4.79 Å². The van der Waals surface area contributed by atoms with Gasteiger partial charge in [0.25, 0.3) is 5.91 Å². The number of carbonyl (C=O) groups is 1. The van der Waals surface area contributed by atoms with Crippen molar-refractivity contribution in [2.45, 2.75) is 10.9 Å². The fraction of sp³-hybridized carbons (Fsp3) is 0.409. The Morgan fingerprint density at radius 2 is 1.94 bits per heavy atom. The highest BCUT2D eigenvalue weighted by atomic mass is 32.2. The monoisotopic (exact) mass is 462 g/mol. The average molecular weight is 463 g/mol. The van der Waals surface area contributed by atoms with Gasteiger partial charge in [-0.05, 0) is 50.0 Å². The second kappa shape index (κ2) is 10.3. The third-order valence-corrected chi connectivity index (χ3v) is 6.36. The minimum absolute atomic E-state index is 0.100. The number of hydrogen-bond acceptors (Lipinski definition) is 7. The van der Waals surface area contributed by atoms with Crippen LogP contribution < -0.4 is 20.1 Å². The maximum atomic E-state index is 13.2. The molecule has 0 radical (unpaired) electrons. The van der Waals surface area contributed by atoms with Gasteiger partial charge in [0.2, 0.25) is 10.0 Å². The van der Waals surface area contributed by atoms with Gasteiger partial charge in [-0.25, -0.2) is 13.6 Å². The second-order valence-electron chi connectivity index (χ2n) is 7.79. The van der Waals surface area contributed by atoms with E-state index in [1.807, 2.05) is 48.2 Å². The molecular formula is C22H30N4O5S. The topological polar surface area (TPSA) is 114 Å². The lowest BCUT2D eigenvalue weighted by molar-refractivity contribution is 0.0940. The third kappa shape index (κ3) is 5.77. The van der Waals surface area contributed by atoms with Crippen molar-refractivity contribution in [3.05, 3.63) is 53.6 Å². The summed E-state index contributed by atoms with van der Waals surface area (Å²) in [7, 11) is 1.52. The van der Waals surface area contributed by atoms with Crippen LogP contribution in [0.2, 0.25) is 0 Å². The van der Waals surface area contributed by atoms with Crippen LogP contribution >= 0.6 is 0 Å². The second-order valence-corrected chi connectivity index (χ2v) is 9.35. The van der Waals surface area contributed by atoms with E-state index in [0.29, 0.717) is 38.5 Å². The lowest BCUT2D eigenvalue weighted by Gasteiger charge is -2.31. The van der Waals surface area contributed by atoms with Crippen LogP contribution in [0.15, 0.2) is 47.4 Å². The van der Waals surface area contributed by atoms with Gasteiger partial charge in [0.1, 0.15) is 5.75 Å². The van der Waals surface area contributed by atoms with Gasteiger partial charge in [-0.2, -0.15) is 0 Å². The average Bonchev–Trinajstić information content (AvgIpc) is 2.78. The van der Waals surface area contributed by atoms with Crippen LogP contribution in [0.1, 0.15) is 22.0 Å². The molecule has 32 heavy (non-hydrogen) atoms. The van der Waals surface area contributed by atoms with Crippen LogP contribution in [-0.4, -0.2) is 73.3 Å². The quantitative estimate of drug-likeness (QED) is 0.606. The van der Waals surface area contributed by atoms with Gasteiger partial charge in [0.05, 0.1) is 36.8 Å². The van der Waals surface area contributed by atoms with E-state index >= 15 is 0 Å². The number of morpholine rings is 1. The number of nitrogens with two attached hydrogens (primary N) is 1. The number of methoxy groups -OCH3 is 1. The maximum absolute atomic E-state index is 13.2. The number of primary sulfonamides is 1. The van der Waals surface area contributed by atoms with Crippen molar-refractivity contribution in [2.24, 2.45) is 5.14 Å². The Balaban J connectivity index is 1.87. The summed E-state index contributed by atoms with van der Waals surface area (Å²) >= 11 is 0. The molecule has 1 aliphatic rings. The molecule has 9 nitrogen and oxygen atoms in total. The Morgan fingerprint density at radius 3 is 2.56 bits per heavy atom. The molecule has 0 bridgehead atoms. The van der Waals surface area contributed by atoms with Crippen LogP contribution in [0.3, 0.4) is 0 Å². The van der Waals surface area contributed by atoms with Crippen molar-refractivity contribution in [2.75, 3.05) is 59.0 Å². The molecular weight excluding hydrogens is 432 g/mol. The molecule has 1 heterocycles. The van der Waals surface area contributed by atoms with E-state index in [4.69, 9.17) is 14.6 Å². The van der Waals surface area contributed by atoms with Crippen LogP contribution in [0.5, 0.6) is 5.75 Å². The number of nitrogens with zero attached hydrogens (tertiary/aromatic N) is 2. The summed E-state index contributed by atoms with van der Waals surface area (Å²) in [5.41, 5.74) is 1.91. The summed E-state index contributed by atoms with van der Waals surface area (Å²) in [6, 6.07) is 12.0. The number of benzene rings is 2. The van der Waals surface area contributed by atoms with Crippen molar-refractivity contribution >= 4 is 21.6 Å². The molecule has 1 fully saturated rings. The molecule has 0 saturated carbocycles. The maximum Gasteiger partial charge on any atom is 0.253 e. The van der Waals surface area contributed by atoms with E-state index in [-0.39, 0.29) is 22.4 Å². The molecule has 10 heteroatoms. The summed E-state index contributed by atoms with van der Waals surface area (Å²) in [5, 5.41) is 8.27. The van der Waals surface area contributed by atoms with E-state index in [1.165, 1.54) is 12.1 Å². The fourth-order valence-electron chi connectivity index (χ4n) is 3.69. The Hall–Kier alpha value is -2.66. The lowest BCUT2D eigenvalue weighted by Crippen LogP contribution is -2.39. The van der Waals surface area contributed by atoms with Gasteiger partial charge >= 0.3 is 0 Å². The summed E-state index contributed by atoms with van der Waals surface area (Å²) in [6.07, 6.45) is 0. The minimum Gasteiger partial charge on any atom is -0.497 e. The zero-order valence-electron chi connectivity index (χ0n) is 18.6. The van der Waals surface area contributed by atoms with Crippen LogP contribution in [0.4, 0.5) is 5.69 Å². The number of sulfonamides is 1. The Bertz CT molecular complexity index is 1050. The highest BCUT2D eigenvalue weighted by Gasteiger charge is 2.23. The SMILES string of the molecule is COc1cccc(C(CNC(=O)c2cc(S(N)(=O)=O)ccc2N2CCOCC2)N(C)C)c1.